The molecule has 3 heterocycles. The van der Waals surface area contributed by atoms with Crippen LogP contribution in [0.15, 0.2) is 42.5 Å². The molecule has 1 aromatic heterocycles. The molecule has 2 aromatic rings. The van der Waals surface area contributed by atoms with Gasteiger partial charge in [-0.05, 0) is 67.3 Å². The van der Waals surface area contributed by atoms with Crippen LogP contribution in [-0.2, 0) is 0 Å². The van der Waals surface area contributed by atoms with Gasteiger partial charge in [0.05, 0.1) is 0 Å². The molecule has 0 N–H and O–H groups in total. The minimum Gasteiger partial charge on any atom is -0.357 e. The van der Waals surface area contributed by atoms with Gasteiger partial charge in [-0.2, -0.15) is 0 Å². The van der Waals surface area contributed by atoms with Crippen LogP contribution in [0.2, 0.25) is 5.02 Å². The Balaban J connectivity index is 1.39. The van der Waals surface area contributed by atoms with E-state index in [4.69, 9.17) is 16.6 Å². The number of piperidine rings is 2. The number of anilines is 1. The molecule has 28 heavy (non-hydrogen) atoms. The number of pyridine rings is 1. The standard InChI is InChI=1S/C23H28ClN3O/c1-17-9-13-27(14-10-17)23(28)21-3-2-4-22(25-21)26-15-11-19(12-16-26)18-5-7-20(24)8-6-18/h2-8,17,19H,9-16H2,1H3. The van der Waals surface area contributed by atoms with Crippen molar-refractivity contribution in [1.29, 1.82) is 0 Å². The lowest BCUT2D eigenvalue weighted by molar-refractivity contribution is 0.0691. The number of halogens is 1. The molecule has 0 atom stereocenters. The highest BCUT2D eigenvalue weighted by Gasteiger charge is 2.25. The molecule has 0 spiro atoms. The van der Waals surface area contributed by atoms with Crippen molar-refractivity contribution in [2.45, 2.75) is 38.5 Å². The van der Waals surface area contributed by atoms with Crippen LogP contribution in [0, 0.1) is 5.92 Å². The van der Waals surface area contributed by atoms with E-state index < -0.39 is 0 Å². The summed E-state index contributed by atoms with van der Waals surface area (Å²) in [5.74, 6) is 2.27. The van der Waals surface area contributed by atoms with Crippen molar-refractivity contribution < 1.29 is 4.79 Å². The first-order chi connectivity index (χ1) is 13.6. The number of hydrogen-bond acceptors (Lipinski definition) is 3. The highest BCUT2D eigenvalue weighted by Crippen LogP contribution is 2.30. The molecule has 2 aliphatic rings. The van der Waals surface area contributed by atoms with E-state index in [-0.39, 0.29) is 5.91 Å². The SMILES string of the molecule is CC1CCN(C(=O)c2cccc(N3CCC(c4ccc(Cl)cc4)CC3)n2)CC1. The number of carbonyl (C=O) groups excluding carboxylic acids is 1. The van der Waals surface area contributed by atoms with Gasteiger partial charge in [-0.3, -0.25) is 4.79 Å². The Kier molecular flexibility index (Phi) is 5.86. The lowest BCUT2D eigenvalue weighted by atomic mass is 9.89. The van der Waals surface area contributed by atoms with Gasteiger partial charge in [0.15, 0.2) is 0 Å². The van der Waals surface area contributed by atoms with Crippen LogP contribution >= 0.6 is 11.6 Å². The first-order valence-corrected chi connectivity index (χ1v) is 10.7. The van der Waals surface area contributed by atoms with E-state index in [9.17, 15) is 4.79 Å². The monoisotopic (exact) mass is 397 g/mol. The molecular formula is C23H28ClN3O. The van der Waals surface area contributed by atoms with Crippen molar-refractivity contribution in [3.8, 4) is 0 Å². The summed E-state index contributed by atoms with van der Waals surface area (Å²) < 4.78 is 0. The quantitative estimate of drug-likeness (QED) is 0.731. The third-order valence-corrected chi connectivity index (χ3v) is 6.44. The van der Waals surface area contributed by atoms with Gasteiger partial charge < -0.3 is 9.80 Å². The van der Waals surface area contributed by atoms with Crippen LogP contribution in [0.1, 0.15) is 54.6 Å². The Bertz CT molecular complexity index is 807. The Morgan fingerprint density at radius 2 is 1.64 bits per heavy atom. The van der Waals surface area contributed by atoms with Crippen LogP contribution in [0.25, 0.3) is 0 Å². The second-order valence-corrected chi connectivity index (χ2v) is 8.61. The van der Waals surface area contributed by atoms with E-state index in [0.29, 0.717) is 17.5 Å². The number of amides is 1. The lowest BCUT2D eigenvalue weighted by Crippen LogP contribution is -2.38. The topological polar surface area (TPSA) is 36.4 Å². The van der Waals surface area contributed by atoms with Crippen molar-refractivity contribution in [3.05, 3.63) is 58.7 Å². The van der Waals surface area contributed by atoms with E-state index in [1.165, 1.54) is 5.56 Å². The molecule has 1 amide bonds. The normalized spacial score (nSPS) is 19.1. The average Bonchev–Trinajstić information content (AvgIpc) is 2.75. The predicted molar refractivity (Wildman–Crippen MR) is 114 cm³/mol. The zero-order chi connectivity index (χ0) is 19.5. The number of hydrogen-bond donors (Lipinski definition) is 0. The second-order valence-electron chi connectivity index (χ2n) is 8.17. The van der Waals surface area contributed by atoms with E-state index in [1.807, 2.05) is 35.2 Å². The first kappa shape index (κ1) is 19.3. The zero-order valence-electron chi connectivity index (χ0n) is 16.5. The molecule has 2 aliphatic heterocycles. The minimum absolute atomic E-state index is 0.0739. The van der Waals surface area contributed by atoms with Gasteiger partial charge in [-0.25, -0.2) is 4.98 Å². The molecule has 2 saturated heterocycles. The summed E-state index contributed by atoms with van der Waals surface area (Å²) in [7, 11) is 0. The third-order valence-electron chi connectivity index (χ3n) is 6.18. The molecule has 0 bridgehead atoms. The second kappa shape index (κ2) is 8.52. The zero-order valence-corrected chi connectivity index (χ0v) is 17.2. The van der Waals surface area contributed by atoms with Crippen molar-refractivity contribution in [3.63, 3.8) is 0 Å². The maximum Gasteiger partial charge on any atom is 0.272 e. The van der Waals surface area contributed by atoms with Crippen LogP contribution in [0.3, 0.4) is 0 Å². The van der Waals surface area contributed by atoms with Crippen LogP contribution in [0.5, 0.6) is 0 Å². The van der Waals surface area contributed by atoms with Gasteiger partial charge in [0.1, 0.15) is 11.5 Å². The van der Waals surface area contributed by atoms with E-state index in [2.05, 4.69) is 24.0 Å². The highest BCUT2D eigenvalue weighted by molar-refractivity contribution is 6.30. The summed E-state index contributed by atoms with van der Waals surface area (Å²) in [6, 6.07) is 14.1. The largest absolute Gasteiger partial charge is 0.357 e. The van der Waals surface area contributed by atoms with E-state index >= 15 is 0 Å². The molecule has 4 rings (SSSR count). The third kappa shape index (κ3) is 4.33. The number of carbonyl (C=O) groups is 1. The fourth-order valence-electron chi connectivity index (χ4n) is 4.27. The highest BCUT2D eigenvalue weighted by atomic mass is 35.5. The summed E-state index contributed by atoms with van der Waals surface area (Å²) in [4.78, 5) is 21.8. The maximum atomic E-state index is 12.8. The van der Waals surface area contributed by atoms with Crippen LogP contribution < -0.4 is 4.90 Å². The Labute approximate surface area is 172 Å². The van der Waals surface area contributed by atoms with Gasteiger partial charge in [0, 0.05) is 31.2 Å². The predicted octanol–water partition coefficient (Wildman–Crippen LogP) is 4.99. The smallest absolute Gasteiger partial charge is 0.272 e. The molecule has 4 nitrogen and oxygen atoms in total. The molecule has 148 valence electrons. The number of nitrogens with zero attached hydrogens (tertiary/aromatic N) is 3. The molecule has 0 unspecified atom stereocenters. The molecule has 5 heteroatoms. The van der Waals surface area contributed by atoms with Crippen LogP contribution in [0.4, 0.5) is 5.82 Å². The van der Waals surface area contributed by atoms with Crippen molar-refractivity contribution in [1.82, 2.24) is 9.88 Å². The summed E-state index contributed by atoms with van der Waals surface area (Å²) in [5.41, 5.74) is 1.94. The maximum absolute atomic E-state index is 12.8. The fourth-order valence-corrected chi connectivity index (χ4v) is 4.40. The summed E-state index contributed by atoms with van der Waals surface area (Å²) in [6.07, 6.45) is 4.35. The van der Waals surface area contributed by atoms with Gasteiger partial charge in [0.25, 0.3) is 5.91 Å². The molecule has 0 aliphatic carbocycles. The average molecular weight is 398 g/mol. The molecule has 1 aromatic carbocycles. The van der Waals surface area contributed by atoms with Crippen molar-refractivity contribution in [2.24, 2.45) is 5.92 Å². The summed E-state index contributed by atoms with van der Waals surface area (Å²) >= 11 is 6.01. The van der Waals surface area contributed by atoms with Crippen molar-refractivity contribution >= 4 is 23.3 Å². The first-order valence-electron chi connectivity index (χ1n) is 10.4. The fraction of sp³-hybridized carbons (Fsp3) is 0.478. The molecule has 0 radical (unpaired) electrons. The number of aromatic nitrogens is 1. The number of likely N-dealkylation sites (tertiary alicyclic amines) is 1. The number of rotatable bonds is 3. The van der Waals surface area contributed by atoms with Gasteiger partial charge in [-0.1, -0.05) is 36.7 Å². The molecular weight excluding hydrogens is 370 g/mol. The Hall–Kier alpha value is -2.07. The molecule has 0 saturated carbocycles. The molecule has 2 fully saturated rings. The van der Waals surface area contributed by atoms with Gasteiger partial charge in [-0.15, -0.1) is 0 Å². The summed E-state index contributed by atoms with van der Waals surface area (Å²) in [6.45, 7) is 5.86. The lowest BCUT2D eigenvalue weighted by Gasteiger charge is -2.33. The van der Waals surface area contributed by atoms with Gasteiger partial charge in [0.2, 0.25) is 0 Å². The number of benzene rings is 1. The summed E-state index contributed by atoms with van der Waals surface area (Å²) in [5, 5.41) is 0.787. The Morgan fingerprint density at radius 1 is 0.964 bits per heavy atom. The van der Waals surface area contributed by atoms with Crippen LogP contribution in [-0.4, -0.2) is 42.0 Å². The van der Waals surface area contributed by atoms with E-state index in [0.717, 1.165) is 62.7 Å². The van der Waals surface area contributed by atoms with E-state index in [1.54, 1.807) is 0 Å². The van der Waals surface area contributed by atoms with Crippen molar-refractivity contribution in [2.75, 3.05) is 31.1 Å². The Morgan fingerprint density at radius 3 is 2.32 bits per heavy atom. The van der Waals surface area contributed by atoms with Gasteiger partial charge >= 0.3 is 0 Å². The minimum atomic E-state index is 0.0739.